The maximum absolute atomic E-state index is 12.8. The number of rotatable bonds is 9. The van der Waals surface area contributed by atoms with Gasteiger partial charge in [0.2, 0.25) is 15.2 Å². The molecular weight excluding hydrogens is 464 g/mol. The van der Waals surface area contributed by atoms with E-state index in [4.69, 9.17) is 0 Å². The van der Waals surface area contributed by atoms with Crippen LogP contribution in [0.4, 0.5) is 5.13 Å². The lowest BCUT2D eigenvalue weighted by Gasteiger charge is -2.15. The molecule has 2 heterocycles. The van der Waals surface area contributed by atoms with Crippen molar-refractivity contribution in [1.82, 2.24) is 14.5 Å². The molecule has 168 valence electrons. The van der Waals surface area contributed by atoms with Gasteiger partial charge in [-0.2, -0.15) is 4.31 Å². The second kappa shape index (κ2) is 10.6. The number of carbonyl (C=O) groups excluding carboxylic acids is 1. The summed E-state index contributed by atoms with van der Waals surface area (Å²) in [5.74, 6) is 0.508. The van der Waals surface area contributed by atoms with Crippen LogP contribution < -0.4 is 5.32 Å². The fourth-order valence-electron chi connectivity index (χ4n) is 3.44. The van der Waals surface area contributed by atoms with Gasteiger partial charge in [-0.3, -0.25) is 10.1 Å². The molecule has 0 aliphatic carbocycles. The number of hydrogen-bond acceptors (Lipinski definition) is 7. The van der Waals surface area contributed by atoms with E-state index >= 15 is 0 Å². The highest BCUT2D eigenvalue weighted by atomic mass is 32.2. The predicted molar refractivity (Wildman–Crippen MR) is 128 cm³/mol. The Balaban J connectivity index is 1.32. The number of nitrogens with one attached hydrogen (secondary N) is 1. The van der Waals surface area contributed by atoms with Crippen molar-refractivity contribution in [3.8, 4) is 0 Å². The van der Waals surface area contributed by atoms with Crippen LogP contribution in [0, 0.1) is 0 Å². The van der Waals surface area contributed by atoms with E-state index in [1.807, 2.05) is 18.2 Å². The van der Waals surface area contributed by atoms with Gasteiger partial charge in [0.05, 0.1) is 4.90 Å². The number of amides is 1. The summed E-state index contributed by atoms with van der Waals surface area (Å²) in [5.41, 5.74) is 1.59. The Hall–Kier alpha value is -2.27. The van der Waals surface area contributed by atoms with Gasteiger partial charge in [0.1, 0.15) is 0 Å². The third-order valence-electron chi connectivity index (χ3n) is 5.10. The smallest absolute Gasteiger partial charge is 0.257 e. The third-order valence-corrected chi connectivity index (χ3v) is 9.06. The van der Waals surface area contributed by atoms with Crippen LogP contribution in [-0.2, 0) is 16.4 Å². The molecule has 1 fully saturated rings. The monoisotopic (exact) mass is 488 g/mol. The minimum Gasteiger partial charge on any atom is -0.296 e. The lowest BCUT2D eigenvalue weighted by Crippen LogP contribution is -2.28. The van der Waals surface area contributed by atoms with Crippen molar-refractivity contribution in [3.63, 3.8) is 0 Å². The summed E-state index contributed by atoms with van der Waals surface area (Å²) in [7, 11) is -3.57. The SMILES string of the molecule is O=C(Nc1nnc(SCCCc2ccccc2)s1)c1cccc(S(=O)(=O)N2CCCC2)c1. The quantitative estimate of drug-likeness (QED) is 0.274. The van der Waals surface area contributed by atoms with Gasteiger partial charge in [0.15, 0.2) is 4.34 Å². The van der Waals surface area contributed by atoms with Crippen molar-refractivity contribution in [2.75, 3.05) is 24.2 Å². The van der Waals surface area contributed by atoms with Crippen LogP contribution in [0.5, 0.6) is 0 Å². The topological polar surface area (TPSA) is 92.3 Å². The first-order valence-corrected chi connectivity index (χ1v) is 13.7. The second-order valence-corrected chi connectivity index (χ2v) is 11.7. The Kier molecular flexibility index (Phi) is 7.56. The number of sulfonamides is 1. The Bertz CT molecular complexity index is 1160. The summed E-state index contributed by atoms with van der Waals surface area (Å²) in [4.78, 5) is 12.8. The molecule has 7 nitrogen and oxygen atoms in total. The minimum absolute atomic E-state index is 0.138. The van der Waals surface area contributed by atoms with E-state index in [1.165, 1.54) is 33.3 Å². The van der Waals surface area contributed by atoms with E-state index in [1.54, 1.807) is 23.9 Å². The molecule has 10 heteroatoms. The number of benzene rings is 2. The van der Waals surface area contributed by atoms with Gasteiger partial charge in [-0.25, -0.2) is 8.42 Å². The highest BCUT2D eigenvalue weighted by molar-refractivity contribution is 8.01. The minimum atomic E-state index is -3.57. The van der Waals surface area contributed by atoms with Crippen LogP contribution in [0.2, 0.25) is 0 Å². The van der Waals surface area contributed by atoms with E-state index in [2.05, 4.69) is 27.6 Å². The van der Waals surface area contributed by atoms with Gasteiger partial charge in [-0.15, -0.1) is 10.2 Å². The van der Waals surface area contributed by atoms with Crippen molar-refractivity contribution in [1.29, 1.82) is 0 Å². The molecule has 4 rings (SSSR count). The molecule has 2 aromatic carbocycles. The number of aromatic nitrogens is 2. The Morgan fingerprint density at radius 3 is 2.62 bits per heavy atom. The van der Waals surface area contributed by atoms with E-state index in [0.29, 0.717) is 18.2 Å². The maximum Gasteiger partial charge on any atom is 0.257 e. The number of carbonyl (C=O) groups is 1. The molecule has 1 saturated heterocycles. The second-order valence-electron chi connectivity index (χ2n) is 7.40. The molecule has 3 aromatic rings. The van der Waals surface area contributed by atoms with Gasteiger partial charge >= 0.3 is 0 Å². The van der Waals surface area contributed by atoms with Crippen molar-refractivity contribution in [2.45, 2.75) is 34.9 Å². The average Bonchev–Trinajstić information content (AvgIpc) is 3.50. The van der Waals surface area contributed by atoms with Crippen LogP contribution in [0.25, 0.3) is 0 Å². The molecule has 1 aliphatic heterocycles. The van der Waals surface area contributed by atoms with Gasteiger partial charge in [-0.05, 0) is 49.4 Å². The van der Waals surface area contributed by atoms with Gasteiger partial charge < -0.3 is 0 Å². The lowest BCUT2D eigenvalue weighted by atomic mass is 10.1. The van der Waals surface area contributed by atoms with Gasteiger partial charge in [0.25, 0.3) is 5.91 Å². The van der Waals surface area contributed by atoms with Crippen molar-refractivity contribution < 1.29 is 13.2 Å². The van der Waals surface area contributed by atoms with Gasteiger partial charge in [0, 0.05) is 24.4 Å². The summed E-state index contributed by atoms with van der Waals surface area (Å²) < 4.78 is 27.8. The molecule has 1 aliphatic rings. The fraction of sp³-hybridized carbons (Fsp3) is 0.318. The maximum atomic E-state index is 12.8. The largest absolute Gasteiger partial charge is 0.296 e. The molecule has 0 spiro atoms. The third kappa shape index (κ3) is 5.74. The van der Waals surface area contributed by atoms with E-state index in [9.17, 15) is 13.2 Å². The Labute approximate surface area is 196 Å². The fourth-order valence-corrected chi connectivity index (χ4v) is 6.76. The van der Waals surface area contributed by atoms with Crippen LogP contribution in [0.15, 0.2) is 63.8 Å². The van der Waals surface area contributed by atoms with E-state index < -0.39 is 15.9 Å². The van der Waals surface area contributed by atoms with Gasteiger partial charge in [-0.1, -0.05) is 59.5 Å². The standard InChI is InChI=1S/C22H24N4O3S3/c27-20(18-11-6-12-19(16-18)32(28,29)26-13-4-5-14-26)23-21-24-25-22(31-21)30-15-7-10-17-8-2-1-3-9-17/h1-3,6,8-9,11-12,16H,4-5,7,10,13-15H2,(H,23,24,27). The molecule has 0 atom stereocenters. The lowest BCUT2D eigenvalue weighted by molar-refractivity contribution is 0.102. The highest BCUT2D eigenvalue weighted by Crippen LogP contribution is 2.27. The van der Waals surface area contributed by atoms with Crippen molar-refractivity contribution in [3.05, 3.63) is 65.7 Å². The van der Waals surface area contributed by atoms with Crippen LogP contribution >= 0.6 is 23.1 Å². The Morgan fingerprint density at radius 1 is 1.06 bits per heavy atom. The zero-order valence-corrected chi connectivity index (χ0v) is 19.9. The molecule has 1 aromatic heterocycles. The first kappa shape index (κ1) is 22.9. The molecule has 0 unspecified atom stereocenters. The molecule has 1 amide bonds. The van der Waals surface area contributed by atoms with Crippen LogP contribution in [-0.4, -0.2) is 47.7 Å². The predicted octanol–water partition coefficient (Wildman–Crippen LogP) is 4.30. The molecule has 32 heavy (non-hydrogen) atoms. The summed E-state index contributed by atoms with van der Waals surface area (Å²) >= 11 is 2.93. The number of hydrogen-bond donors (Lipinski definition) is 1. The number of thioether (sulfide) groups is 1. The first-order valence-electron chi connectivity index (χ1n) is 10.4. The molecule has 0 saturated carbocycles. The summed E-state index contributed by atoms with van der Waals surface area (Å²) in [5, 5.41) is 11.3. The van der Waals surface area contributed by atoms with Crippen molar-refractivity contribution in [2.24, 2.45) is 0 Å². The summed E-state index contributed by atoms with van der Waals surface area (Å²) in [6, 6.07) is 16.5. The zero-order valence-electron chi connectivity index (χ0n) is 17.4. The summed E-state index contributed by atoms with van der Waals surface area (Å²) in [6.07, 6.45) is 3.76. The number of anilines is 1. The Morgan fingerprint density at radius 2 is 1.84 bits per heavy atom. The zero-order chi connectivity index (χ0) is 22.4. The highest BCUT2D eigenvalue weighted by Gasteiger charge is 2.27. The first-order chi connectivity index (χ1) is 15.5. The van der Waals surface area contributed by atoms with Crippen molar-refractivity contribution >= 4 is 44.2 Å². The van der Waals surface area contributed by atoms with E-state index in [-0.39, 0.29) is 10.5 Å². The average molecular weight is 489 g/mol. The molecule has 0 radical (unpaired) electrons. The molecular formula is C22H24N4O3S3. The normalized spacial score (nSPS) is 14.5. The van der Waals surface area contributed by atoms with Crippen LogP contribution in [0.3, 0.4) is 0 Å². The number of nitrogens with zero attached hydrogens (tertiary/aromatic N) is 3. The molecule has 0 bridgehead atoms. The van der Waals surface area contributed by atoms with Crippen LogP contribution in [0.1, 0.15) is 35.2 Å². The molecule has 1 N–H and O–H groups in total. The number of aryl methyl sites for hydroxylation is 1. The summed E-state index contributed by atoms with van der Waals surface area (Å²) in [6.45, 7) is 1.05. The van der Waals surface area contributed by atoms with E-state index in [0.717, 1.165) is 35.8 Å².